The number of methoxy groups -OCH3 is 1. The second-order valence-electron chi connectivity index (χ2n) is 10.1. The van der Waals surface area contributed by atoms with Crippen LogP contribution in [0.2, 0.25) is 0 Å². The van der Waals surface area contributed by atoms with Gasteiger partial charge in [-0.15, -0.1) is 5.10 Å². The summed E-state index contributed by atoms with van der Waals surface area (Å²) in [4.78, 5) is 15.2. The van der Waals surface area contributed by atoms with Gasteiger partial charge in [-0.25, -0.2) is 4.68 Å². The van der Waals surface area contributed by atoms with Crippen LogP contribution >= 0.6 is 0 Å². The molecule has 1 fully saturated rings. The van der Waals surface area contributed by atoms with Gasteiger partial charge < -0.3 is 35.0 Å². The summed E-state index contributed by atoms with van der Waals surface area (Å²) in [7, 11) is 1.25. The maximum absolute atomic E-state index is 12.8. The minimum absolute atomic E-state index is 0.0190. The Kier molecular flexibility index (Phi) is 10.4. The van der Waals surface area contributed by atoms with Crippen molar-refractivity contribution < 1.29 is 29.6 Å². The number of carbonyl (C=O) groups is 1. The van der Waals surface area contributed by atoms with Crippen molar-refractivity contribution in [2.75, 3.05) is 25.1 Å². The summed E-state index contributed by atoms with van der Waals surface area (Å²) in [6.45, 7) is 3.69. The Morgan fingerprint density at radius 2 is 1.88 bits per heavy atom. The molecule has 1 aliphatic rings. The zero-order chi connectivity index (χ0) is 29.4. The largest absolute Gasteiger partial charge is 0.391 e. The first kappa shape index (κ1) is 30.1. The van der Waals surface area contributed by atoms with Crippen molar-refractivity contribution in [2.45, 2.75) is 64.1 Å². The van der Waals surface area contributed by atoms with E-state index in [1.54, 1.807) is 12.3 Å². The van der Waals surface area contributed by atoms with Crippen molar-refractivity contribution in [1.29, 1.82) is 5.26 Å². The number of piperidine rings is 1. The van der Waals surface area contributed by atoms with Gasteiger partial charge in [-0.2, -0.15) is 5.26 Å². The van der Waals surface area contributed by atoms with Crippen LogP contribution in [0.5, 0.6) is 0 Å². The molecule has 0 radical (unpaired) electrons. The van der Waals surface area contributed by atoms with Gasteiger partial charge in [0.1, 0.15) is 23.4 Å². The third-order valence-electron chi connectivity index (χ3n) is 6.95. The molecule has 4 N–H and O–H groups in total. The van der Waals surface area contributed by atoms with Gasteiger partial charge >= 0.3 is 0 Å². The summed E-state index contributed by atoms with van der Waals surface area (Å²) < 4.78 is 11.7. The molecule has 218 valence electrons. The number of ether oxygens (including phenoxy) is 2. The third-order valence-corrected chi connectivity index (χ3v) is 6.95. The van der Waals surface area contributed by atoms with E-state index in [1.165, 1.54) is 43.7 Å². The zero-order valence-electron chi connectivity index (χ0n) is 23.2. The van der Waals surface area contributed by atoms with Gasteiger partial charge in [0.05, 0.1) is 25.4 Å². The third kappa shape index (κ3) is 8.09. The molecule has 1 aliphatic heterocycles. The number of nitrogens with zero attached hydrogens (tertiary/aromatic N) is 5. The maximum Gasteiger partial charge on any atom is 0.262 e. The lowest BCUT2D eigenvalue weighted by molar-refractivity contribution is -0.270. The smallest absolute Gasteiger partial charge is 0.262 e. The number of aromatic nitrogens is 3. The first-order valence-corrected chi connectivity index (χ1v) is 13.6. The molecule has 0 saturated carbocycles. The van der Waals surface area contributed by atoms with Crippen LogP contribution in [0, 0.1) is 11.3 Å². The Morgan fingerprint density at radius 3 is 2.56 bits per heavy atom. The van der Waals surface area contributed by atoms with Gasteiger partial charge in [-0.3, -0.25) is 4.79 Å². The van der Waals surface area contributed by atoms with E-state index in [2.05, 4.69) is 38.7 Å². The molecular weight excluding hydrogens is 528 g/mol. The summed E-state index contributed by atoms with van der Waals surface area (Å²) in [5.74, 6) is -0.548. The molecule has 1 aromatic heterocycles. The van der Waals surface area contributed by atoms with E-state index in [1.807, 2.05) is 24.3 Å². The van der Waals surface area contributed by atoms with E-state index < -0.39 is 30.7 Å². The highest BCUT2D eigenvalue weighted by atomic mass is 16.7. The number of aliphatic hydroxyl groups is 3. The molecule has 0 aliphatic carbocycles. The van der Waals surface area contributed by atoms with Gasteiger partial charge in [0.25, 0.3) is 5.91 Å². The minimum Gasteiger partial charge on any atom is -0.391 e. The summed E-state index contributed by atoms with van der Waals surface area (Å²) in [6, 6.07) is 14.2. The quantitative estimate of drug-likeness (QED) is 0.144. The predicted octanol–water partition coefficient (Wildman–Crippen LogP) is 1.69. The number of rotatable bonds is 12. The number of benzene rings is 2. The van der Waals surface area contributed by atoms with Crippen LogP contribution in [0.4, 0.5) is 5.69 Å². The Labute approximate surface area is 238 Å². The lowest BCUT2D eigenvalue weighted by atomic mass is 10.0. The van der Waals surface area contributed by atoms with Crippen molar-refractivity contribution in [3.63, 3.8) is 0 Å². The number of anilines is 1. The summed E-state index contributed by atoms with van der Waals surface area (Å²) >= 11 is 0. The molecule has 1 amide bonds. The summed E-state index contributed by atoms with van der Waals surface area (Å²) in [5.41, 5.74) is 2.33. The molecule has 3 unspecified atom stereocenters. The Balaban J connectivity index is 1.37. The van der Waals surface area contributed by atoms with Crippen LogP contribution in [0.1, 0.15) is 37.4 Å². The van der Waals surface area contributed by atoms with Crippen molar-refractivity contribution >= 4 is 28.4 Å². The standard InChI is InChI=1S/C29H36N6O6/c1-19(36)26(41-29(40-2)28(38)39)18-35-17-24(32-33-35)16-31-27(37)23(15-30)13-20-6-7-22-14-25(9-8-21(22)12-20)34-10-4-3-5-11-34/h6-9,12-14,17,19,26,28-29,36,38-39H,3-5,10-11,16,18H2,1-2H3,(H,31,37)/b23-13+. The molecule has 12 heteroatoms. The second-order valence-corrected chi connectivity index (χ2v) is 10.1. The van der Waals surface area contributed by atoms with Crippen LogP contribution < -0.4 is 10.2 Å². The molecule has 1 saturated heterocycles. The Bertz CT molecular complexity index is 1390. The average Bonchev–Trinajstić information content (AvgIpc) is 3.43. The SMILES string of the molecule is COC(OC(Cn1cc(CNC(=O)/C(C#N)=C/c2ccc3cc(N4CCCCC4)ccc3c2)nn1)C(C)O)C(O)O. The minimum atomic E-state index is -1.89. The van der Waals surface area contributed by atoms with E-state index in [0.717, 1.165) is 29.4 Å². The van der Waals surface area contributed by atoms with Gasteiger partial charge in [-0.05, 0) is 66.8 Å². The van der Waals surface area contributed by atoms with E-state index >= 15 is 0 Å². The number of aliphatic hydroxyl groups excluding tert-OH is 2. The predicted molar refractivity (Wildman–Crippen MR) is 151 cm³/mol. The van der Waals surface area contributed by atoms with Crippen molar-refractivity contribution in [3.8, 4) is 6.07 Å². The fourth-order valence-electron chi connectivity index (χ4n) is 4.69. The van der Waals surface area contributed by atoms with Crippen LogP contribution in [-0.4, -0.2) is 81.2 Å². The van der Waals surface area contributed by atoms with E-state index in [4.69, 9.17) is 9.47 Å². The fraction of sp³-hybridized carbons (Fsp3) is 0.448. The monoisotopic (exact) mass is 564 g/mol. The maximum atomic E-state index is 12.8. The van der Waals surface area contributed by atoms with Crippen LogP contribution in [-0.2, 0) is 27.4 Å². The van der Waals surface area contributed by atoms with Gasteiger partial charge in [0.2, 0.25) is 12.6 Å². The Morgan fingerprint density at radius 1 is 1.15 bits per heavy atom. The van der Waals surface area contributed by atoms with Crippen molar-refractivity contribution in [1.82, 2.24) is 20.3 Å². The normalized spacial score (nSPS) is 16.4. The molecule has 3 atom stereocenters. The molecule has 12 nitrogen and oxygen atoms in total. The Hall–Kier alpha value is -3.86. The molecule has 3 aromatic rings. The second kappa shape index (κ2) is 14.2. The summed E-state index contributed by atoms with van der Waals surface area (Å²) in [5, 5.41) is 51.1. The molecule has 0 bridgehead atoms. The molecule has 2 aromatic carbocycles. The fourth-order valence-corrected chi connectivity index (χ4v) is 4.69. The first-order valence-electron chi connectivity index (χ1n) is 13.6. The van der Waals surface area contributed by atoms with Crippen LogP contribution in [0.15, 0.2) is 48.2 Å². The highest BCUT2D eigenvalue weighted by Crippen LogP contribution is 2.26. The number of carbonyl (C=O) groups excluding carboxylic acids is 1. The first-order chi connectivity index (χ1) is 19.8. The molecule has 4 rings (SSSR count). The molecule has 0 spiro atoms. The van der Waals surface area contributed by atoms with E-state index in [9.17, 15) is 25.4 Å². The average molecular weight is 565 g/mol. The number of amides is 1. The highest BCUT2D eigenvalue weighted by molar-refractivity contribution is 6.02. The molecule has 2 heterocycles. The van der Waals surface area contributed by atoms with E-state index in [0.29, 0.717) is 5.69 Å². The number of nitrogens with one attached hydrogen (secondary N) is 1. The van der Waals surface area contributed by atoms with Gasteiger partial charge in [-0.1, -0.05) is 23.4 Å². The van der Waals surface area contributed by atoms with E-state index in [-0.39, 0.29) is 18.7 Å². The van der Waals surface area contributed by atoms with Gasteiger partial charge in [0.15, 0.2) is 0 Å². The summed E-state index contributed by atoms with van der Waals surface area (Å²) in [6.07, 6.45) is 1.71. The van der Waals surface area contributed by atoms with Crippen LogP contribution in [0.3, 0.4) is 0 Å². The number of nitriles is 1. The van der Waals surface area contributed by atoms with Gasteiger partial charge in [0, 0.05) is 25.9 Å². The lowest BCUT2D eigenvalue weighted by Gasteiger charge is -2.29. The van der Waals surface area contributed by atoms with Crippen molar-refractivity contribution in [3.05, 3.63) is 59.4 Å². The van der Waals surface area contributed by atoms with Crippen LogP contribution in [0.25, 0.3) is 16.8 Å². The topological polar surface area (TPSA) is 166 Å². The number of hydrogen-bond donors (Lipinski definition) is 4. The number of fused-ring (bicyclic) bond motifs is 1. The highest BCUT2D eigenvalue weighted by Gasteiger charge is 2.26. The molecule has 41 heavy (non-hydrogen) atoms. The number of hydrogen-bond acceptors (Lipinski definition) is 10. The molecular formula is C29H36N6O6. The lowest BCUT2D eigenvalue weighted by Crippen LogP contribution is -2.40. The zero-order valence-corrected chi connectivity index (χ0v) is 23.2. The van der Waals surface area contributed by atoms with Crippen molar-refractivity contribution in [2.24, 2.45) is 0 Å².